The Bertz CT molecular complexity index is 566. The zero-order chi connectivity index (χ0) is 14.5. The van der Waals surface area contributed by atoms with Gasteiger partial charge in [0.05, 0.1) is 5.02 Å². The predicted molar refractivity (Wildman–Crippen MR) is 82.5 cm³/mol. The van der Waals surface area contributed by atoms with Crippen LogP contribution in [-0.2, 0) is 12.8 Å². The van der Waals surface area contributed by atoms with Gasteiger partial charge in [0.1, 0.15) is 5.82 Å². The molecule has 0 saturated carbocycles. The zero-order valence-electron chi connectivity index (χ0n) is 11.6. The molecule has 0 heterocycles. The van der Waals surface area contributed by atoms with Gasteiger partial charge >= 0.3 is 0 Å². The minimum absolute atomic E-state index is 0.175. The van der Waals surface area contributed by atoms with Crippen molar-refractivity contribution in [2.24, 2.45) is 11.7 Å². The Morgan fingerprint density at radius 2 is 1.65 bits per heavy atom. The molecule has 0 aromatic heterocycles. The van der Waals surface area contributed by atoms with Crippen molar-refractivity contribution in [2.45, 2.75) is 19.8 Å². The molecule has 106 valence electrons. The summed E-state index contributed by atoms with van der Waals surface area (Å²) in [5.41, 5.74) is 9.42. The van der Waals surface area contributed by atoms with Gasteiger partial charge < -0.3 is 5.73 Å². The molecule has 20 heavy (non-hydrogen) atoms. The number of hydrogen-bond donors (Lipinski definition) is 1. The minimum Gasteiger partial charge on any atom is -0.330 e. The lowest BCUT2D eigenvalue weighted by Crippen LogP contribution is -2.19. The second kappa shape index (κ2) is 6.87. The molecule has 0 saturated heterocycles. The van der Waals surface area contributed by atoms with Gasteiger partial charge in [0.2, 0.25) is 0 Å². The van der Waals surface area contributed by atoms with Crippen LogP contribution in [0.5, 0.6) is 0 Å². The smallest absolute Gasteiger partial charge is 0.141 e. The summed E-state index contributed by atoms with van der Waals surface area (Å²) in [7, 11) is 0. The summed E-state index contributed by atoms with van der Waals surface area (Å²) in [5.74, 6) is -0.0440. The summed E-state index contributed by atoms with van der Waals surface area (Å²) in [6.07, 6.45) is 1.73. The number of hydrogen-bond acceptors (Lipinski definition) is 1. The fourth-order valence-electron chi connectivity index (χ4n) is 2.30. The molecule has 0 amide bonds. The normalized spacial score (nSPS) is 12.4. The third kappa shape index (κ3) is 4.06. The van der Waals surface area contributed by atoms with Crippen LogP contribution in [0.4, 0.5) is 4.39 Å². The molecule has 3 heteroatoms. The number of nitrogens with two attached hydrogens (primary N) is 1. The van der Waals surface area contributed by atoms with Crippen molar-refractivity contribution in [1.29, 1.82) is 0 Å². The summed E-state index contributed by atoms with van der Waals surface area (Å²) in [6.45, 7) is 2.67. The predicted octanol–water partition coefficient (Wildman–Crippen LogP) is 4.15. The molecule has 2 N–H and O–H groups in total. The Hall–Kier alpha value is -1.38. The molecular formula is C17H19ClFN. The summed E-state index contributed by atoms with van der Waals surface area (Å²) in [6, 6.07) is 13.4. The van der Waals surface area contributed by atoms with E-state index in [1.54, 1.807) is 12.1 Å². The van der Waals surface area contributed by atoms with Gasteiger partial charge in [-0.05, 0) is 55.5 Å². The van der Waals surface area contributed by atoms with Crippen molar-refractivity contribution in [2.75, 3.05) is 6.54 Å². The summed E-state index contributed by atoms with van der Waals surface area (Å²) in [5, 5.41) is 0.175. The lowest BCUT2D eigenvalue weighted by Gasteiger charge is -2.15. The van der Waals surface area contributed by atoms with Gasteiger partial charge in [0.15, 0.2) is 0 Å². The van der Waals surface area contributed by atoms with E-state index in [-0.39, 0.29) is 10.8 Å². The summed E-state index contributed by atoms with van der Waals surface area (Å²) in [4.78, 5) is 0. The Kier molecular flexibility index (Phi) is 5.16. The maximum Gasteiger partial charge on any atom is 0.141 e. The quantitative estimate of drug-likeness (QED) is 0.880. The molecular weight excluding hydrogens is 273 g/mol. The number of benzene rings is 2. The van der Waals surface area contributed by atoms with E-state index in [1.807, 2.05) is 0 Å². The van der Waals surface area contributed by atoms with E-state index < -0.39 is 0 Å². The van der Waals surface area contributed by atoms with Gasteiger partial charge in [-0.25, -0.2) is 4.39 Å². The van der Waals surface area contributed by atoms with Crippen LogP contribution in [0.15, 0.2) is 42.5 Å². The zero-order valence-corrected chi connectivity index (χ0v) is 12.3. The van der Waals surface area contributed by atoms with Crippen LogP contribution < -0.4 is 5.73 Å². The first-order valence-electron chi connectivity index (χ1n) is 6.78. The van der Waals surface area contributed by atoms with Gasteiger partial charge in [-0.2, -0.15) is 0 Å². The van der Waals surface area contributed by atoms with Crippen molar-refractivity contribution in [1.82, 2.24) is 0 Å². The molecule has 0 spiro atoms. The van der Waals surface area contributed by atoms with Crippen LogP contribution >= 0.6 is 11.6 Å². The molecule has 1 unspecified atom stereocenters. The average Bonchev–Trinajstić information content (AvgIpc) is 2.44. The number of halogens is 2. The van der Waals surface area contributed by atoms with Crippen LogP contribution in [-0.4, -0.2) is 6.54 Å². The van der Waals surface area contributed by atoms with E-state index in [9.17, 15) is 4.39 Å². The molecule has 1 atom stereocenters. The summed E-state index contributed by atoms with van der Waals surface area (Å²) >= 11 is 5.81. The van der Waals surface area contributed by atoms with E-state index in [4.69, 9.17) is 17.3 Å². The highest BCUT2D eigenvalue weighted by Crippen LogP contribution is 2.20. The maximum absolute atomic E-state index is 13.1. The molecule has 2 aromatic rings. The first-order valence-corrected chi connectivity index (χ1v) is 7.16. The number of aryl methyl sites for hydroxylation is 1. The number of rotatable bonds is 5. The Morgan fingerprint density at radius 1 is 1.05 bits per heavy atom. The third-order valence-electron chi connectivity index (χ3n) is 3.49. The van der Waals surface area contributed by atoms with Crippen LogP contribution in [0.25, 0.3) is 0 Å². The molecule has 1 nitrogen and oxygen atoms in total. The second-order valence-electron chi connectivity index (χ2n) is 5.24. The van der Waals surface area contributed by atoms with Gasteiger partial charge in [-0.3, -0.25) is 0 Å². The van der Waals surface area contributed by atoms with E-state index in [0.717, 1.165) is 18.4 Å². The average molecular weight is 292 g/mol. The van der Waals surface area contributed by atoms with Crippen LogP contribution in [0.1, 0.15) is 16.7 Å². The van der Waals surface area contributed by atoms with E-state index in [1.165, 1.54) is 17.2 Å². The molecule has 0 aliphatic carbocycles. The molecule has 0 bridgehead atoms. The Balaban J connectivity index is 2.04. The highest BCUT2D eigenvalue weighted by atomic mass is 35.5. The molecule has 2 rings (SSSR count). The lowest BCUT2D eigenvalue weighted by atomic mass is 9.92. The fourth-order valence-corrected chi connectivity index (χ4v) is 2.50. The van der Waals surface area contributed by atoms with Crippen molar-refractivity contribution in [3.05, 3.63) is 70.0 Å². The third-order valence-corrected chi connectivity index (χ3v) is 3.78. The van der Waals surface area contributed by atoms with Gasteiger partial charge in [-0.1, -0.05) is 47.5 Å². The molecule has 0 aliphatic rings. The first-order chi connectivity index (χ1) is 9.58. The van der Waals surface area contributed by atoms with Crippen LogP contribution in [0, 0.1) is 18.7 Å². The monoisotopic (exact) mass is 291 g/mol. The van der Waals surface area contributed by atoms with E-state index in [0.29, 0.717) is 12.5 Å². The maximum atomic E-state index is 13.1. The van der Waals surface area contributed by atoms with Gasteiger partial charge in [0.25, 0.3) is 0 Å². The van der Waals surface area contributed by atoms with E-state index >= 15 is 0 Å². The Labute approximate surface area is 124 Å². The topological polar surface area (TPSA) is 26.0 Å². The standard InChI is InChI=1S/C17H19ClFN/c1-12-2-4-13(5-3-12)8-15(11-20)9-14-6-7-17(19)16(18)10-14/h2-7,10,15H,8-9,11,20H2,1H3. The Morgan fingerprint density at radius 3 is 2.25 bits per heavy atom. The van der Waals surface area contributed by atoms with Crippen LogP contribution in [0.3, 0.4) is 0 Å². The van der Waals surface area contributed by atoms with Crippen molar-refractivity contribution in [3.8, 4) is 0 Å². The highest BCUT2D eigenvalue weighted by molar-refractivity contribution is 6.30. The molecule has 0 aliphatic heterocycles. The van der Waals surface area contributed by atoms with Crippen molar-refractivity contribution >= 4 is 11.6 Å². The fraction of sp³-hybridized carbons (Fsp3) is 0.294. The lowest BCUT2D eigenvalue weighted by molar-refractivity contribution is 0.532. The first kappa shape index (κ1) is 15.0. The van der Waals surface area contributed by atoms with Crippen LogP contribution in [0.2, 0.25) is 5.02 Å². The SMILES string of the molecule is Cc1ccc(CC(CN)Cc2ccc(F)c(Cl)c2)cc1. The van der Waals surface area contributed by atoms with Crippen molar-refractivity contribution in [3.63, 3.8) is 0 Å². The molecule has 2 aromatic carbocycles. The minimum atomic E-state index is -0.377. The molecule has 0 fully saturated rings. The largest absolute Gasteiger partial charge is 0.330 e. The second-order valence-corrected chi connectivity index (χ2v) is 5.65. The van der Waals surface area contributed by atoms with Crippen molar-refractivity contribution < 1.29 is 4.39 Å². The molecule has 0 radical (unpaired) electrons. The van der Waals surface area contributed by atoms with Gasteiger partial charge in [0, 0.05) is 0 Å². The summed E-state index contributed by atoms with van der Waals surface area (Å²) < 4.78 is 13.1. The highest BCUT2D eigenvalue weighted by Gasteiger charge is 2.10. The van der Waals surface area contributed by atoms with E-state index in [2.05, 4.69) is 31.2 Å². The van der Waals surface area contributed by atoms with Gasteiger partial charge in [-0.15, -0.1) is 0 Å².